The van der Waals surface area contributed by atoms with Gasteiger partial charge in [-0.25, -0.2) is 4.39 Å². The average molecular weight is 300 g/mol. The van der Waals surface area contributed by atoms with E-state index >= 15 is 0 Å². The van der Waals surface area contributed by atoms with E-state index < -0.39 is 0 Å². The molecule has 0 spiro atoms. The van der Waals surface area contributed by atoms with Gasteiger partial charge in [0, 0.05) is 24.6 Å². The van der Waals surface area contributed by atoms with Crippen molar-refractivity contribution in [1.29, 1.82) is 0 Å². The first-order valence-electron chi connectivity index (χ1n) is 7.32. The molecule has 114 valence electrons. The molecule has 1 fully saturated rings. The van der Waals surface area contributed by atoms with Crippen LogP contribution in [0.2, 0.25) is 0 Å². The summed E-state index contributed by atoms with van der Waals surface area (Å²) in [5.41, 5.74) is 1.39. The third-order valence-corrected chi connectivity index (χ3v) is 3.79. The summed E-state index contributed by atoms with van der Waals surface area (Å²) in [4.78, 5) is 16.3. The summed E-state index contributed by atoms with van der Waals surface area (Å²) in [5.74, 6) is -0.484. The molecule has 0 bridgehead atoms. The lowest BCUT2D eigenvalue weighted by molar-refractivity contribution is 0.0672. The number of aromatic nitrogens is 1. The highest BCUT2D eigenvalue weighted by molar-refractivity contribution is 5.94. The number of nitrogens with one attached hydrogen (secondary N) is 1. The number of nitrogens with zero attached hydrogens (tertiary/aromatic N) is 1. The lowest BCUT2D eigenvalue weighted by atomic mass is 9.98. The van der Waals surface area contributed by atoms with E-state index in [4.69, 9.17) is 4.74 Å². The van der Waals surface area contributed by atoms with Gasteiger partial charge >= 0.3 is 0 Å². The smallest absolute Gasteiger partial charge is 0.251 e. The molecule has 0 saturated carbocycles. The van der Waals surface area contributed by atoms with Crippen LogP contribution in [0.1, 0.15) is 34.8 Å². The molecule has 2 heterocycles. The first kappa shape index (κ1) is 14.7. The van der Waals surface area contributed by atoms with Crippen molar-refractivity contribution in [1.82, 2.24) is 10.3 Å². The number of hydrogen-bond donors (Lipinski definition) is 1. The number of rotatable bonds is 4. The van der Waals surface area contributed by atoms with Crippen LogP contribution < -0.4 is 5.32 Å². The van der Waals surface area contributed by atoms with Gasteiger partial charge in [-0.05, 0) is 42.7 Å². The first-order valence-corrected chi connectivity index (χ1v) is 7.32. The maximum Gasteiger partial charge on any atom is 0.251 e. The van der Waals surface area contributed by atoms with Gasteiger partial charge in [0.25, 0.3) is 5.91 Å². The Morgan fingerprint density at radius 2 is 1.95 bits per heavy atom. The molecule has 5 heteroatoms. The van der Waals surface area contributed by atoms with Crippen molar-refractivity contribution in [3.63, 3.8) is 0 Å². The van der Waals surface area contributed by atoms with Crippen molar-refractivity contribution in [3.8, 4) is 0 Å². The highest BCUT2D eigenvalue weighted by Crippen LogP contribution is 2.27. The molecule has 1 saturated heterocycles. The van der Waals surface area contributed by atoms with Crippen LogP contribution >= 0.6 is 0 Å². The second-order valence-corrected chi connectivity index (χ2v) is 5.29. The van der Waals surface area contributed by atoms with Crippen molar-refractivity contribution in [2.75, 3.05) is 6.61 Å². The molecule has 0 radical (unpaired) electrons. The topological polar surface area (TPSA) is 51.2 Å². The van der Waals surface area contributed by atoms with Crippen LogP contribution in [-0.2, 0) is 4.74 Å². The Morgan fingerprint density at radius 1 is 1.23 bits per heavy atom. The van der Waals surface area contributed by atoms with Crippen LogP contribution in [0.5, 0.6) is 0 Å². The van der Waals surface area contributed by atoms with Gasteiger partial charge in [-0.2, -0.15) is 0 Å². The number of amides is 1. The van der Waals surface area contributed by atoms with E-state index in [2.05, 4.69) is 10.3 Å². The van der Waals surface area contributed by atoms with Crippen LogP contribution in [0, 0.1) is 5.82 Å². The summed E-state index contributed by atoms with van der Waals surface area (Å²) in [5, 5.41) is 3.00. The number of pyridine rings is 1. The molecule has 2 aromatic rings. The maximum absolute atomic E-state index is 13.1. The normalized spacial score (nSPS) is 18.9. The number of halogens is 1. The minimum absolute atomic E-state index is 0.0868. The lowest BCUT2D eigenvalue weighted by Gasteiger charge is -2.24. The Hall–Kier alpha value is -2.27. The van der Waals surface area contributed by atoms with Crippen molar-refractivity contribution < 1.29 is 13.9 Å². The monoisotopic (exact) mass is 300 g/mol. The molecule has 1 N–H and O–H groups in total. The number of hydrogen-bond acceptors (Lipinski definition) is 3. The third kappa shape index (κ3) is 3.31. The SMILES string of the molecule is O=C(NC(c1ccc(F)cc1)C1CCCO1)c1ccncc1. The summed E-state index contributed by atoms with van der Waals surface area (Å²) >= 11 is 0. The summed E-state index contributed by atoms with van der Waals surface area (Å²) in [6.45, 7) is 0.688. The fourth-order valence-electron chi connectivity index (χ4n) is 2.65. The summed E-state index contributed by atoms with van der Waals surface area (Å²) < 4.78 is 18.8. The molecule has 3 rings (SSSR count). The van der Waals surface area contributed by atoms with Crippen molar-refractivity contribution in [3.05, 3.63) is 65.7 Å². The minimum Gasteiger partial charge on any atom is -0.376 e. The number of carbonyl (C=O) groups excluding carboxylic acids is 1. The third-order valence-electron chi connectivity index (χ3n) is 3.79. The standard InChI is InChI=1S/C17H17FN2O2/c18-14-5-3-12(4-6-14)16(15-2-1-11-22-15)20-17(21)13-7-9-19-10-8-13/h3-10,15-16H,1-2,11H2,(H,20,21). The van der Waals surface area contributed by atoms with Gasteiger partial charge < -0.3 is 10.1 Å². The van der Waals surface area contributed by atoms with Gasteiger partial charge in [0.2, 0.25) is 0 Å². The fourth-order valence-corrected chi connectivity index (χ4v) is 2.65. The van der Waals surface area contributed by atoms with Gasteiger partial charge in [-0.15, -0.1) is 0 Å². The van der Waals surface area contributed by atoms with Crippen molar-refractivity contribution in [2.24, 2.45) is 0 Å². The van der Waals surface area contributed by atoms with Gasteiger partial charge in [-0.1, -0.05) is 12.1 Å². The highest BCUT2D eigenvalue weighted by atomic mass is 19.1. The van der Waals surface area contributed by atoms with Crippen LogP contribution in [0.15, 0.2) is 48.8 Å². The van der Waals surface area contributed by atoms with E-state index in [0.717, 1.165) is 18.4 Å². The Labute approximate surface area is 128 Å². The largest absolute Gasteiger partial charge is 0.376 e. The lowest BCUT2D eigenvalue weighted by Crippen LogP contribution is -2.36. The molecule has 2 atom stereocenters. The van der Waals surface area contributed by atoms with E-state index in [1.54, 1.807) is 36.7 Å². The second-order valence-electron chi connectivity index (χ2n) is 5.29. The summed E-state index contributed by atoms with van der Waals surface area (Å²) in [6.07, 6.45) is 4.91. The van der Waals surface area contributed by atoms with Crippen LogP contribution in [0.25, 0.3) is 0 Å². The Bertz CT molecular complexity index is 625. The van der Waals surface area contributed by atoms with Gasteiger partial charge in [0.1, 0.15) is 5.82 Å². The molecule has 1 aromatic heterocycles. The van der Waals surface area contributed by atoms with Crippen LogP contribution in [0.4, 0.5) is 4.39 Å². The molecular formula is C17H17FN2O2. The number of benzene rings is 1. The van der Waals surface area contributed by atoms with E-state index in [1.807, 2.05) is 0 Å². The molecule has 1 aromatic carbocycles. The van der Waals surface area contributed by atoms with Crippen LogP contribution in [0.3, 0.4) is 0 Å². The molecule has 1 amide bonds. The molecule has 1 aliphatic heterocycles. The van der Waals surface area contributed by atoms with Crippen molar-refractivity contribution in [2.45, 2.75) is 25.0 Å². The summed E-state index contributed by atoms with van der Waals surface area (Å²) in [6, 6.07) is 9.21. The maximum atomic E-state index is 13.1. The quantitative estimate of drug-likeness (QED) is 0.944. The average Bonchev–Trinajstić information content (AvgIpc) is 3.08. The zero-order valence-electron chi connectivity index (χ0n) is 12.0. The predicted octanol–water partition coefficient (Wildman–Crippen LogP) is 2.87. The van der Waals surface area contributed by atoms with E-state index in [0.29, 0.717) is 12.2 Å². The van der Waals surface area contributed by atoms with E-state index in [9.17, 15) is 9.18 Å². The van der Waals surface area contributed by atoms with Crippen LogP contribution in [-0.4, -0.2) is 23.6 Å². The number of carbonyl (C=O) groups is 1. The van der Waals surface area contributed by atoms with Gasteiger partial charge in [0.15, 0.2) is 0 Å². The zero-order chi connectivity index (χ0) is 15.4. The summed E-state index contributed by atoms with van der Waals surface area (Å²) in [7, 11) is 0. The minimum atomic E-state index is -0.296. The van der Waals surface area contributed by atoms with Gasteiger partial charge in [-0.3, -0.25) is 9.78 Å². The molecule has 1 aliphatic rings. The zero-order valence-corrected chi connectivity index (χ0v) is 12.0. The first-order chi connectivity index (χ1) is 10.7. The fraction of sp³-hybridized carbons (Fsp3) is 0.294. The molecule has 4 nitrogen and oxygen atoms in total. The Balaban J connectivity index is 1.82. The Morgan fingerprint density at radius 3 is 2.59 bits per heavy atom. The molecular weight excluding hydrogens is 283 g/mol. The molecule has 2 unspecified atom stereocenters. The van der Waals surface area contributed by atoms with E-state index in [-0.39, 0.29) is 23.9 Å². The van der Waals surface area contributed by atoms with Gasteiger partial charge in [0.05, 0.1) is 12.1 Å². The number of ether oxygens (including phenoxy) is 1. The Kier molecular flexibility index (Phi) is 4.44. The second kappa shape index (κ2) is 6.66. The molecule has 0 aliphatic carbocycles. The highest BCUT2D eigenvalue weighted by Gasteiger charge is 2.29. The van der Waals surface area contributed by atoms with Crippen molar-refractivity contribution >= 4 is 5.91 Å². The molecule has 22 heavy (non-hydrogen) atoms. The predicted molar refractivity (Wildman–Crippen MR) is 79.8 cm³/mol. The van der Waals surface area contributed by atoms with E-state index in [1.165, 1.54) is 12.1 Å².